The topological polar surface area (TPSA) is 32.7 Å². The number of likely N-dealkylation sites (N-methyl/N-ethyl adjacent to an activating group) is 1. The van der Waals surface area contributed by atoms with Crippen molar-refractivity contribution in [3.8, 4) is 0 Å². The van der Waals surface area contributed by atoms with Gasteiger partial charge in [0, 0.05) is 44.9 Å². The Labute approximate surface area is 97.5 Å². The van der Waals surface area contributed by atoms with Crippen molar-refractivity contribution in [3.63, 3.8) is 0 Å². The molecule has 1 saturated heterocycles. The third kappa shape index (κ3) is 4.55. The van der Waals surface area contributed by atoms with Crippen molar-refractivity contribution >= 4 is 12.6 Å². The highest BCUT2D eigenvalue weighted by Gasteiger charge is 2.30. The molecule has 4 heteroatoms. The summed E-state index contributed by atoms with van der Waals surface area (Å²) in [4.78, 5) is 2.10. The summed E-state index contributed by atoms with van der Waals surface area (Å²) in [6, 6.07) is 0. The van der Waals surface area contributed by atoms with E-state index in [9.17, 15) is 5.11 Å². The van der Waals surface area contributed by atoms with Gasteiger partial charge in [0.05, 0.1) is 5.60 Å². The molecule has 0 aromatic carbocycles. The number of thiol groups is 1. The van der Waals surface area contributed by atoms with Gasteiger partial charge in [0.2, 0.25) is 0 Å². The maximum absolute atomic E-state index is 10.3. The molecule has 0 aliphatic carbocycles. The van der Waals surface area contributed by atoms with Crippen LogP contribution in [0.1, 0.15) is 12.8 Å². The fourth-order valence-electron chi connectivity index (χ4n) is 1.90. The first kappa shape index (κ1) is 13.0. The minimum Gasteiger partial charge on any atom is -0.388 e. The smallest absolute Gasteiger partial charge is 0.0817 e. The van der Waals surface area contributed by atoms with E-state index in [1.165, 1.54) is 0 Å². The number of rotatable bonds is 5. The van der Waals surface area contributed by atoms with E-state index in [2.05, 4.69) is 24.1 Å². The van der Waals surface area contributed by atoms with Crippen molar-refractivity contribution in [2.75, 3.05) is 39.1 Å². The summed E-state index contributed by atoms with van der Waals surface area (Å²) in [5.74, 6) is 0.700. The molecule has 1 rings (SSSR count). The lowest BCUT2D eigenvalue weighted by molar-refractivity contribution is -0.0758. The predicted molar refractivity (Wildman–Crippen MR) is 65.5 cm³/mol. The van der Waals surface area contributed by atoms with Gasteiger partial charge in [-0.05, 0) is 7.05 Å². The van der Waals surface area contributed by atoms with Crippen LogP contribution in [-0.4, -0.2) is 54.7 Å². The van der Waals surface area contributed by atoms with E-state index in [1.54, 1.807) is 0 Å². The zero-order chi connectivity index (χ0) is 11.3. The molecule has 0 spiro atoms. The molecule has 0 aromatic rings. The molecule has 0 atom stereocenters. The Bertz CT molecular complexity index is 215. The van der Waals surface area contributed by atoms with Crippen molar-refractivity contribution in [1.82, 2.24) is 4.90 Å². The molecule has 1 aliphatic rings. The molecule has 0 unspecified atom stereocenters. The lowest BCUT2D eigenvalue weighted by Gasteiger charge is -2.35. The second-order valence-electron chi connectivity index (χ2n) is 4.42. The van der Waals surface area contributed by atoms with Gasteiger partial charge >= 0.3 is 0 Å². The molecule has 1 N–H and O–H groups in total. The average Bonchev–Trinajstić information content (AvgIpc) is 2.17. The van der Waals surface area contributed by atoms with Gasteiger partial charge < -0.3 is 9.84 Å². The van der Waals surface area contributed by atoms with E-state index < -0.39 is 5.60 Å². The predicted octanol–water partition coefficient (Wildman–Crippen LogP) is 0.946. The zero-order valence-electron chi connectivity index (χ0n) is 9.41. The van der Waals surface area contributed by atoms with Crippen LogP contribution in [0, 0.1) is 0 Å². The van der Waals surface area contributed by atoms with Crippen molar-refractivity contribution < 1.29 is 9.84 Å². The fourth-order valence-corrected chi connectivity index (χ4v) is 2.00. The Kier molecular flexibility index (Phi) is 5.12. The van der Waals surface area contributed by atoms with Crippen LogP contribution >= 0.6 is 12.6 Å². The van der Waals surface area contributed by atoms with Crippen LogP contribution in [0.3, 0.4) is 0 Å². The highest BCUT2D eigenvalue weighted by molar-refractivity contribution is 7.80. The highest BCUT2D eigenvalue weighted by atomic mass is 32.1. The number of nitrogens with zero attached hydrogens (tertiary/aromatic N) is 1. The molecule has 0 radical (unpaired) electrons. The number of hydrogen-bond acceptors (Lipinski definition) is 4. The summed E-state index contributed by atoms with van der Waals surface area (Å²) in [6.07, 6.45) is 1.45. The van der Waals surface area contributed by atoms with E-state index in [0.717, 1.165) is 25.0 Å². The van der Waals surface area contributed by atoms with Gasteiger partial charge in [0.25, 0.3) is 0 Å². The monoisotopic (exact) mass is 231 g/mol. The molecule has 0 bridgehead atoms. The average molecular weight is 231 g/mol. The molecule has 0 aromatic heterocycles. The van der Waals surface area contributed by atoms with Crippen LogP contribution in [0.2, 0.25) is 0 Å². The maximum Gasteiger partial charge on any atom is 0.0817 e. The van der Waals surface area contributed by atoms with Crippen LogP contribution in [0.25, 0.3) is 0 Å². The highest BCUT2D eigenvalue weighted by Crippen LogP contribution is 2.21. The molecule has 1 heterocycles. The summed E-state index contributed by atoms with van der Waals surface area (Å²) in [5, 5.41) is 10.3. The number of hydrogen-bond donors (Lipinski definition) is 2. The van der Waals surface area contributed by atoms with Gasteiger partial charge in [-0.2, -0.15) is 12.6 Å². The third-order valence-corrected chi connectivity index (χ3v) is 3.15. The first-order valence-corrected chi connectivity index (χ1v) is 5.95. The van der Waals surface area contributed by atoms with Gasteiger partial charge in [-0.15, -0.1) is 0 Å². The van der Waals surface area contributed by atoms with Gasteiger partial charge in [-0.25, -0.2) is 0 Å². The van der Waals surface area contributed by atoms with E-state index >= 15 is 0 Å². The van der Waals surface area contributed by atoms with Crippen molar-refractivity contribution in [1.29, 1.82) is 0 Å². The molecule has 3 nitrogen and oxygen atoms in total. The Morgan fingerprint density at radius 1 is 1.53 bits per heavy atom. The Morgan fingerprint density at radius 2 is 2.13 bits per heavy atom. The van der Waals surface area contributed by atoms with Crippen LogP contribution < -0.4 is 0 Å². The third-order valence-electron chi connectivity index (χ3n) is 2.70. The standard InChI is InChI=1S/C11H21NO2S/c1-10(8-15)7-12(2)9-11(13)3-5-14-6-4-11/h13,15H,1,3-9H2,2H3. The maximum atomic E-state index is 10.3. The van der Waals surface area contributed by atoms with Gasteiger partial charge in [-0.3, -0.25) is 4.90 Å². The largest absolute Gasteiger partial charge is 0.388 e. The lowest BCUT2D eigenvalue weighted by Crippen LogP contribution is -2.46. The van der Waals surface area contributed by atoms with Crippen LogP contribution in [0.4, 0.5) is 0 Å². The summed E-state index contributed by atoms with van der Waals surface area (Å²) < 4.78 is 5.24. The van der Waals surface area contributed by atoms with E-state index in [1.807, 2.05) is 7.05 Å². The van der Waals surface area contributed by atoms with Crippen molar-refractivity contribution in [3.05, 3.63) is 12.2 Å². The first-order valence-electron chi connectivity index (χ1n) is 5.32. The number of aliphatic hydroxyl groups is 1. The van der Waals surface area contributed by atoms with Gasteiger partial charge in [0.15, 0.2) is 0 Å². The molecule has 0 amide bonds. The molecular weight excluding hydrogens is 210 g/mol. The molecule has 0 saturated carbocycles. The minimum atomic E-state index is -0.579. The first-order chi connectivity index (χ1) is 7.06. The Morgan fingerprint density at radius 3 is 2.67 bits per heavy atom. The van der Waals surface area contributed by atoms with Crippen molar-refractivity contribution in [2.45, 2.75) is 18.4 Å². The summed E-state index contributed by atoms with van der Waals surface area (Å²) >= 11 is 4.17. The van der Waals surface area contributed by atoms with Gasteiger partial charge in [0.1, 0.15) is 0 Å². The second kappa shape index (κ2) is 5.89. The summed E-state index contributed by atoms with van der Waals surface area (Å²) in [7, 11) is 2.00. The molecule has 1 aliphatic heterocycles. The van der Waals surface area contributed by atoms with E-state index in [-0.39, 0.29) is 0 Å². The van der Waals surface area contributed by atoms with Crippen molar-refractivity contribution in [2.24, 2.45) is 0 Å². The number of ether oxygens (including phenoxy) is 1. The molecule has 1 fully saturated rings. The van der Waals surface area contributed by atoms with E-state index in [4.69, 9.17) is 4.74 Å². The summed E-state index contributed by atoms with van der Waals surface area (Å²) in [5.41, 5.74) is 0.501. The summed E-state index contributed by atoms with van der Waals surface area (Å²) in [6.45, 7) is 6.72. The van der Waals surface area contributed by atoms with Crippen LogP contribution in [0.5, 0.6) is 0 Å². The molecule has 15 heavy (non-hydrogen) atoms. The van der Waals surface area contributed by atoms with E-state index in [0.29, 0.717) is 25.5 Å². The second-order valence-corrected chi connectivity index (χ2v) is 4.73. The molecular formula is C11H21NO2S. The Balaban J connectivity index is 2.35. The zero-order valence-corrected chi connectivity index (χ0v) is 10.3. The quantitative estimate of drug-likeness (QED) is 0.546. The van der Waals surface area contributed by atoms with Gasteiger partial charge in [-0.1, -0.05) is 12.2 Å². The van der Waals surface area contributed by atoms with Crippen LogP contribution in [0.15, 0.2) is 12.2 Å². The SMILES string of the molecule is C=C(CS)CN(C)CC1(O)CCOCC1. The minimum absolute atomic E-state index is 0.579. The lowest BCUT2D eigenvalue weighted by atomic mass is 9.94. The fraction of sp³-hybridized carbons (Fsp3) is 0.818. The van der Waals surface area contributed by atoms with Crippen LogP contribution in [-0.2, 0) is 4.74 Å². The molecule has 88 valence electrons. The normalized spacial score (nSPS) is 20.5. The Hall–Kier alpha value is -0.0300.